The summed E-state index contributed by atoms with van der Waals surface area (Å²) in [5.74, 6) is 0.463. The molecule has 1 spiro atoms. The minimum atomic E-state index is -0.00683. The van der Waals surface area contributed by atoms with Crippen molar-refractivity contribution in [2.75, 3.05) is 13.6 Å². The Hall–Kier alpha value is 0.320. The van der Waals surface area contributed by atoms with Gasteiger partial charge in [-0.3, -0.25) is 4.79 Å². The molecule has 1 saturated carbocycles. The maximum Gasteiger partial charge on any atom is 0.158 e. The minimum Gasteiger partial charge on any atom is -0.297 e. The van der Waals surface area contributed by atoms with Crippen LogP contribution in [0.2, 0.25) is 0 Å². The van der Waals surface area contributed by atoms with Crippen LogP contribution in [0.25, 0.3) is 0 Å². The van der Waals surface area contributed by atoms with E-state index in [2.05, 4.69) is 26.1 Å². The van der Waals surface area contributed by atoms with E-state index in [1.807, 2.05) is 19.0 Å². The SMILES string of the molecule is CC1C(=O)C2(CCCC2)CN(I)N1C. The predicted octanol–water partition coefficient (Wildman–Crippen LogP) is 2.02. The molecule has 0 bridgehead atoms. The maximum atomic E-state index is 12.2. The monoisotopic (exact) mass is 308 g/mol. The fourth-order valence-electron chi connectivity index (χ4n) is 2.70. The fraction of sp³-hybridized carbons (Fsp3) is 0.900. The average molecular weight is 308 g/mol. The van der Waals surface area contributed by atoms with Crippen molar-refractivity contribution >= 4 is 28.6 Å². The number of nitrogens with zero attached hydrogens (tertiary/aromatic N) is 2. The van der Waals surface area contributed by atoms with Crippen LogP contribution < -0.4 is 0 Å². The smallest absolute Gasteiger partial charge is 0.158 e. The second-order valence-corrected chi connectivity index (χ2v) is 5.71. The Kier molecular flexibility index (Phi) is 2.87. The lowest BCUT2D eigenvalue weighted by Gasteiger charge is -2.45. The van der Waals surface area contributed by atoms with Crippen LogP contribution in [-0.4, -0.2) is 33.6 Å². The van der Waals surface area contributed by atoms with Crippen molar-refractivity contribution in [1.82, 2.24) is 8.23 Å². The molecule has 1 saturated heterocycles. The molecule has 0 aromatic rings. The summed E-state index contributed by atoms with van der Waals surface area (Å²) < 4.78 is 2.18. The standard InChI is InChI=1S/C10H17IN2O/c1-8-9(14)10(5-3-4-6-10)7-13(11)12(8)2/h8H,3-7H2,1-2H3. The van der Waals surface area contributed by atoms with Gasteiger partial charge in [-0.25, -0.2) is 5.01 Å². The van der Waals surface area contributed by atoms with Gasteiger partial charge in [-0.1, -0.05) is 12.8 Å². The number of halogens is 1. The van der Waals surface area contributed by atoms with E-state index in [4.69, 9.17) is 0 Å². The van der Waals surface area contributed by atoms with E-state index in [1.165, 1.54) is 12.8 Å². The normalized spacial score (nSPS) is 34.2. The van der Waals surface area contributed by atoms with Crippen molar-refractivity contribution in [2.24, 2.45) is 5.41 Å². The number of Topliss-reactive ketones (excluding diaryl/α,β-unsaturated/α-hetero) is 1. The molecular weight excluding hydrogens is 291 g/mol. The summed E-state index contributed by atoms with van der Waals surface area (Å²) in [7, 11) is 2.00. The molecule has 1 aliphatic heterocycles. The zero-order chi connectivity index (χ0) is 10.3. The lowest BCUT2D eigenvalue weighted by molar-refractivity contribution is -0.146. The highest BCUT2D eigenvalue weighted by Gasteiger charge is 2.49. The third-order valence-electron chi connectivity index (χ3n) is 3.80. The quantitative estimate of drug-likeness (QED) is 0.505. The molecule has 2 rings (SSSR count). The van der Waals surface area contributed by atoms with Crippen LogP contribution in [0, 0.1) is 5.41 Å². The molecular formula is C10H17IN2O. The fourth-order valence-corrected chi connectivity index (χ4v) is 3.72. The summed E-state index contributed by atoms with van der Waals surface area (Å²) in [5, 5.41) is 2.05. The molecule has 4 heteroatoms. The van der Waals surface area contributed by atoms with E-state index in [0.717, 1.165) is 19.4 Å². The molecule has 80 valence electrons. The van der Waals surface area contributed by atoms with E-state index < -0.39 is 0 Å². The first-order valence-corrected chi connectivity index (χ1v) is 6.24. The second kappa shape index (κ2) is 3.72. The first kappa shape index (κ1) is 10.8. The van der Waals surface area contributed by atoms with Crippen LogP contribution in [0.4, 0.5) is 0 Å². The van der Waals surface area contributed by atoms with Crippen LogP contribution in [-0.2, 0) is 4.79 Å². The molecule has 0 radical (unpaired) electrons. The Morgan fingerprint density at radius 3 is 2.57 bits per heavy atom. The van der Waals surface area contributed by atoms with Gasteiger partial charge in [0.1, 0.15) is 0 Å². The van der Waals surface area contributed by atoms with Crippen LogP contribution >= 0.6 is 22.9 Å². The Morgan fingerprint density at radius 2 is 2.00 bits per heavy atom. The van der Waals surface area contributed by atoms with Gasteiger partial charge in [0.2, 0.25) is 0 Å². The second-order valence-electron chi connectivity index (χ2n) is 4.60. The number of hydrogen-bond donors (Lipinski definition) is 0. The average Bonchev–Trinajstić information content (AvgIpc) is 2.62. The van der Waals surface area contributed by atoms with E-state index in [0.29, 0.717) is 5.78 Å². The van der Waals surface area contributed by atoms with Crippen LogP contribution in [0.15, 0.2) is 0 Å². The van der Waals surface area contributed by atoms with E-state index in [9.17, 15) is 4.79 Å². The van der Waals surface area contributed by atoms with Gasteiger partial charge >= 0.3 is 0 Å². The first-order valence-electron chi connectivity index (χ1n) is 5.27. The largest absolute Gasteiger partial charge is 0.297 e. The van der Waals surface area contributed by atoms with Crippen molar-refractivity contribution in [2.45, 2.75) is 38.6 Å². The van der Waals surface area contributed by atoms with Crippen LogP contribution in [0.3, 0.4) is 0 Å². The highest BCUT2D eigenvalue weighted by atomic mass is 127. The number of carbonyl (C=O) groups excluding carboxylic acids is 1. The van der Waals surface area contributed by atoms with E-state index in [-0.39, 0.29) is 11.5 Å². The molecule has 3 nitrogen and oxygen atoms in total. The molecule has 1 aliphatic carbocycles. The first-order chi connectivity index (χ1) is 6.57. The van der Waals surface area contributed by atoms with Gasteiger partial charge < -0.3 is 0 Å². The van der Waals surface area contributed by atoms with Gasteiger partial charge in [0, 0.05) is 41.9 Å². The zero-order valence-electron chi connectivity index (χ0n) is 8.79. The van der Waals surface area contributed by atoms with Gasteiger partial charge in [-0.2, -0.15) is 3.22 Å². The van der Waals surface area contributed by atoms with E-state index >= 15 is 0 Å². The molecule has 0 N–H and O–H groups in total. The third kappa shape index (κ3) is 1.51. The Balaban J connectivity index is 2.23. The lowest BCUT2D eigenvalue weighted by Crippen LogP contribution is -2.58. The van der Waals surface area contributed by atoms with Crippen molar-refractivity contribution in [3.63, 3.8) is 0 Å². The number of carbonyl (C=O) groups is 1. The molecule has 1 heterocycles. The summed E-state index contributed by atoms with van der Waals surface area (Å²) >= 11 is 2.31. The molecule has 14 heavy (non-hydrogen) atoms. The van der Waals surface area contributed by atoms with Gasteiger partial charge in [0.25, 0.3) is 0 Å². The highest BCUT2D eigenvalue weighted by Crippen LogP contribution is 2.44. The summed E-state index contributed by atoms with van der Waals surface area (Å²) in [6.45, 7) is 2.93. The lowest BCUT2D eigenvalue weighted by atomic mass is 9.77. The molecule has 1 atom stereocenters. The summed E-state index contributed by atoms with van der Waals surface area (Å²) in [6.07, 6.45) is 4.66. The Bertz CT molecular complexity index is 251. The molecule has 2 fully saturated rings. The number of likely N-dealkylation sites (N-methyl/N-ethyl adjacent to an activating group) is 1. The molecule has 2 aliphatic rings. The van der Waals surface area contributed by atoms with Gasteiger partial charge in [-0.15, -0.1) is 0 Å². The number of rotatable bonds is 0. The molecule has 0 amide bonds. The van der Waals surface area contributed by atoms with E-state index in [1.54, 1.807) is 0 Å². The van der Waals surface area contributed by atoms with Crippen LogP contribution in [0.5, 0.6) is 0 Å². The van der Waals surface area contributed by atoms with Gasteiger partial charge in [0.05, 0.1) is 6.04 Å². The highest BCUT2D eigenvalue weighted by molar-refractivity contribution is 14.1. The third-order valence-corrected chi connectivity index (χ3v) is 4.82. The Labute approximate surface area is 99.3 Å². The van der Waals surface area contributed by atoms with Crippen molar-refractivity contribution < 1.29 is 4.79 Å². The zero-order valence-corrected chi connectivity index (χ0v) is 11.0. The summed E-state index contributed by atoms with van der Waals surface area (Å²) in [5.41, 5.74) is -0.00683. The predicted molar refractivity (Wildman–Crippen MR) is 63.9 cm³/mol. The minimum absolute atomic E-state index is 0.00683. The summed E-state index contributed by atoms with van der Waals surface area (Å²) in [6, 6.07) is 0.0544. The Morgan fingerprint density at radius 1 is 1.43 bits per heavy atom. The molecule has 0 aromatic carbocycles. The topological polar surface area (TPSA) is 23.6 Å². The number of hydrogen-bond acceptors (Lipinski definition) is 3. The van der Waals surface area contributed by atoms with Crippen molar-refractivity contribution in [3.05, 3.63) is 0 Å². The molecule has 1 unspecified atom stereocenters. The van der Waals surface area contributed by atoms with Crippen molar-refractivity contribution in [1.29, 1.82) is 0 Å². The van der Waals surface area contributed by atoms with Crippen LogP contribution in [0.1, 0.15) is 32.6 Å². The van der Waals surface area contributed by atoms with Gasteiger partial charge in [-0.05, 0) is 19.8 Å². The maximum absolute atomic E-state index is 12.2. The summed E-state index contributed by atoms with van der Waals surface area (Å²) in [4.78, 5) is 12.2. The van der Waals surface area contributed by atoms with Gasteiger partial charge in [0.15, 0.2) is 5.78 Å². The number of ketones is 1. The van der Waals surface area contributed by atoms with Crippen molar-refractivity contribution in [3.8, 4) is 0 Å². The molecule has 0 aromatic heterocycles. The number of hydrazine groups is 1.